The molecular weight excluding hydrogens is 188 g/mol. The van der Waals surface area contributed by atoms with Crippen LogP contribution < -0.4 is 10.2 Å². The topological polar surface area (TPSA) is 32.3 Å². The van der Waals surface area contributed by atoms with Crippen molar-refractivity contribution >= 4 is 12.0 Å². The Morgan fingerprint density at radius 2 is 1.80 bits per heavy atom. The quantitative estimate of drug-likeness (QED) is 0.727. The van der Waals surface area contributed by atoms with E-state index in [1.54, 1.807) is 0 Å². The van der Waals surface area contributed by atoms with Gasteiger partial charge in [-0.2, -0.15) is 0 Å². The molecular formula is C12H14N2O. The van der Waals surface area contributed by atoms with Crippen LogP contribution in [0, 0.1) is 0 Å². The summed E-state index contributed by atoms with van der Waals surface area (Å²) in [6.07, 6.45) is 2.21. The molecule has 1 N–H and O–H groups in total. The number of benzene rings is 1. The van der Waals surface area contributed by atoms with E-state index in [4.69, 9.17) is 0 Å². The van der Waals surface area contributed by atoms with E-state index in [1.807, 2.05) is 24.3 Å². The van der Waals surface area contributed by atoms with Crippen molar-refractivity contribution in [2.45, 2.75) is 18.5 Å². The van der Waals surface area contributed by atoms with E-state index in [9.17, 15) is 4.79 Å². The molecule has 2 unspecified atom stereocenters. The average molecular weight is 202 g/mol. The van der Waals surface area contributed by atoms with Gasteiger partial charge in [-0.1, -0.05) is 0 Å². The summed E-state index contributed by atoms with van der Waals surface area (Å²) in [6, 6.07) is 9.19. The molecule has 0 spiro atoms. The minimum Gasteiger partial charge on any atom is -0.368 e. The van der Waals surface area contributed by atoms with E-state index in [1.165, 1.54) is 12.1 Å². The molecule has 2 bridgehead atoms. The lowest BCUT2D eigenvalue weighted by Gasteiger charge is -2.49. The first kappa shape index (κ1) is 8.92. The molecule has 3 heterocycles. The van der Waals surface area contributed by atoms with E-state index in [2.05, 4.69) is 10.2 Å². The van der Waals surface area contributed by atoms with E-state index in [0.717, 1.165) is 24.9 Å². The van der Waals surface area contributed by atoms with Crippen molar-refractivity contribution in [1.82, 2.24) is 5.32 Å². The molecule has 2 atom stereocenters. The molecule has 3 fully saturated rings. The monoisotopic (exact) mass is 202 g/mol. The van der Waals surface area contributed by atoms with Crippen LogP contribution in [0.25, 0.3) is 0 Å². The Labute approximate surface area is 89.1 Å². The number of rotatable bonds is 2. The average Bonchev–Trinajstić information content (AvgIpc) is 2.28. The van der Waals surface area contributed by atoms with E-state index >= 15 is 0 Å². The number of hydrogen-bond acceptors (Lipinski definition) is 3. The van der Waals surface area contributed by atoms with Crippen LogP contribution in [0.3, 0.4) is 0 Å². The van der Waals surface area contributed by atoms with Crippen LogP contribution in [0.2, 0.25) is 0 Å². The van der Waals surface area contributed by atoms with Crippen LogP contribution in [0.1, 0.15) is 16.8 Å². The minimum atomic E-state index is 0.675. The lowest BCUT2D eigenvalue weighted by molar-refractivity contribution is 0.112. The highest BCUT2D eigenvalue weighted by Gasteiger charge is 2.36. The highest BCUT2D eigenvalue weighted by Crippen LogP contribution is 2.25. The molecule has 78 valence electrons. The maximum absolute atomic E-state index is 10.5. The van der Waals surface area contributed by atoms with E-state index < -0.39 is 0 Å². The van der Waals surface area contributed by atoms with Gasteiger partial charge in [-0.05, 0) is 30.7 Å². The summed E-state index contributed by atoms with van der Waals surface area (Å²) in [7, 11) is 0. The zero-order chi connectivity index (χ0) is 10.3. The SMILES string of the molecule is O=Cc1ccc(N2CC3CC(C2)N3)cc1. The van der Waals surface area contributed by atoms with Crippen LogP contribution in [0.15, 0.2) is 24.3 Å². The summed E-state index contributed by atoms with van der Waals surface area (Å²) >= 11 is 0. The van der Waals surface area contributed by atoms with Crippen molar-refractivity contribution in [3.05, 3.63) is 29.8 Å². The van der Waals surface area contributed by atoms with Crippen molar-refractivity contribution in [1.29, 1.82) is 0 Å². The minimum absolute atomic E-state index is 0.675. The zero-order valence-electron chi connectivity index (χ0n) is 8.52. The number of carbonyl (C=O) groups is 1. The predicted molar refractivity (Wildman–Crippen MR) is 59.4 cm³/mol. The second-order valence-electron chi connectivity index (χ2n) is 4.41. The van der Waals surface area contributed by atoms with Crippen LogP contribution >= 0.6 is 0 Å². The van der Waals surface area contributed by atoms with Crippen LogP contribution in [0.4, 0.5) is 5.69 Å². The molecule has 3 aliphatic rings. The van der Waals surface area contributed by atoms with Crippen LogP contribution in [-0.4, -0.2) is 31.5 Å². The standard InChI is InChI=1S/C12H14N2O/c15-8-9-1-3-12(4-2-9)14-6-10-5-11(7-14)13-10/h1-4,8,10-11,13H,5-7H2. The molecule has 0 radical (unpaired) electrons. The number of piperazine rings is 1. The largest absolute Gasteiger partial charge is 0.368 e. The molecule has 15 heavy (non-hydrogen) atoms. The fourth-order valence-corrected chi connectivity index (χ4v) is 2.49. The summed E-state index contributed by atoms with van der Waals surface area (Å²) < 4.78 is 0. The van der Waals surface area contributed by atoms with E-state index in [-0.39, 0.29) is 0 Å². The fourth-order valence-electron chi connectivity index (χ4n) is 2.49. The maximum atomic E-state index is 10.5. The van der Waals surface area contributed by atoms with Crippen molar-refractivity contribution in [3.8, 4) is 0 Å². The first-order valence-corrected chi connectivity index (χ1v) is 5.41. The number of fused-ring (bicyclic) bond motifs is 2. The molecule has 0 aliphatic carbocycles. The second kappa shape index (κ2) is 3.35. The Hall–Kier alpha value is -1.35. The number of aldehydes is 1. The molecule has 3 aliphatic heterocycles. The van der Waals surface area contributed by atoms with Gasteiger partial charge >= 0.3 is 0 Å². The van der Waals surface area contributed by atoms with Gasteiger partial charge < -0.3 is 10.2 Å². The van der Waals surface area contributed by atoms with E-state index in [0.29, 0.717) is 12.1 Å². The zero-order valence-corrected chi connectivity index (χ0v) is 8.52. The van der Waals surface area contributed by atoms with Gasteiger partial charge in [0.15, 0.2) is 0 Å². The third kappa shape index (κ3) is 1.53. The van der Waals surface area contributed by atoms with Crippen molar-refractivity contribution < 1.29 is 4.79 Å². The van der Waals surface area contributed by atoms with Crippen LogP contribution in [-0.2, 0) is 0 Å². The summed E-state index contributed by atoms with van der Waals surface area (Å²) in [6.45, 7) is 2.19. The predicted octanol–water partition coefficient (Wildman–Crippen LogP) is 1.05. The maximum Gasteiger partial charge on any atom is 0.150 e. The first-order valence-electron chi connectivity index (χ1n) is 5.41. The Morgan fingerprint density at radius 3 is 2.33 bits per heavy atom. The Morgan fingerprint density at radius 1 is 1.20 bits per heavy atom. The number of nitrogens with one attached hydrogen (secondary N) is 1. The highest BCUT2D eigenvalue weighted by molar-refractivity contribution is 5.75. The normalized spacial score (nSPS) is 28.4. The lowest BCUT2D eigenvalue weighted by Crippen LogP contribution is -2.67. The molecule has 0 aromatic heterocycles. The number of piperidine rings is 1. The fraction of sp³-hybridized carbons (Fsp3) is 0.417. The van der Waals surface area contributed by atoms with Gasteiger partial charge in [0.1, 0.15) is 6.29 Å². The van der Waals surface area contributed by atoms with Gasteiger partial charge in [-0.3, -0.25) is 4.79 Å². The molecule has 4 rings (SSSR count). The van der Waals surface area contributed by atoms with Gasteiger partial charge in [0.2, 0.25) is 0 Å². The second-order valence-corrected chi connectivity index (χ2v) is 4.41. The molecule has 1 aromatic rings. The lowest BCUT2D eigenvalue weighted by atomic mass is 9.91. The summed E-state index contributed by atoms with van der Waals surface area (Å²) in [5, 5.41) is 3.50. The number of nitrogens with zero attached hydrogens (tertiary/aromatic N) is 1. The Bertz CT molecular complexity index is 358. The van der Waals surface area contributed by atoms with Crippen molar-refractivity contribution in [2.24, 2.45) is 0 Å². The Kier molecular flexibility index (Phi) is 1.99. The van der Waals surface area contributed by atoms with Gasteiger partial charge in [-0.25, -0.2) is 0 Å². The summed E-state index contributed by atoms with van der Waals surface area (Å²) in [5.74, 6) is 0. The summed E-state index contributed by atoms with van der Waals surface area (Å²) in [5.41, 5.74) is 1.98. The van der Waals surface area contributed by atoms with Crippen molar-refractivity contribution in [2.75, 3.05) is 18.0 Å². The van der Waals surface area contributed by atoms with Gasteiger partial charge in [-0.15, -0.1) is 0 Å². The van der Waals surface area contributed by atoms with Gasteiger partial charge in [0.25, 0.3) is 0 Å². The van der Waals surface area contributed by atoms with Crippen molar-refractivity contribution in [3.63, 3.8) is 0 Å². The molecule has 3 nitrogen and oxygen atoms in total. The molecule has 3 saturated heterocycles. The van der Waals surface area contributed by atoms with Gasteiger partial charge in [0, 0.05) is 36.4 Å². The summed E-state index contributed by atoms with van der Waals surface area (Å²) in [4.78, 5) is 12.9. The first-order chi connectivity index (χ1) is 7.35. The highest BCUT2D eigenvalue weighted by atomic mass is 16.1. The molecule has 3 heteroatoms. The van der Waals surface area contributed by atoms with Gasteiger partial charge in [0.05, 0.1) is 0 Å². The Balaban J connectivity index is 1.77. The smallest absolute Gasteiger partial charge is 0.150 e. The molecule has 1 aromatic carbocycles. The number of anilines is 1. The molecule has 0 amide bonds. The van der Waals surface area contributed by atoms with Crippen LogP contribution in [0.5, 0.6) is 0 Å². The third-order valence-corrected chi connectivity index (χ3v) is 3.32. The number of carbonyl (C=O) groups excluding carboxylic acids is 1. The third-order valence-electron chi connectivity index (χ3n) is 3.32. The molecule has 0 saturated carbocycles. The number of hydrogen-bond donors (Lipinski definition) is 1.